The monoisotopic (exact) mass is 381 g/mol. The third kappa shape index (κ3) is 4.43. The van der Waals surface area contributed by atoms with E-state index in [2.05, 4.69) is 9.88 Å². The second-order valence-corrected chi connectivity index (χ2v) is 6.89. The van der Waals surface area contributed by atoms with Crippen LogP contribution in [0.4, 0.5) is 0 Å². The Hall–Kier alpha value is -3.06. The number of para-hydroxylation sites is 2. The van der Waals surface area contributed by atoms with Crippen LogP contribution in [-0.4, -0.2) is 42.0 Å². The van der Waals surface area contributed by atoms with Crippen LogP contribution in [0, 0.1) is 5.92 Å². The van der Waals surface area contributed by atoms with Crippen LogP contribution < -0.4 is 15.2 Å². The van der Waals surface area contributed by atoms with Gasteiger partial charge in [0.1, 0.15) is 23.6 Å². The quantitative estimate of drug-likeness (QED) is 0.676. The van der Waals surface area contributed by atoms with Crippen LogP contribution in [-0.2, 0) is 4.79 Å². The van der Waals surface area contributed by atoms with Gasteiger partial charge >= 0.3 is 6.08 Å². The molecule has 0 atom stereocenters. The summed E-state index contributed by atoms with van der Waals surface area (Å²) in [5.74, 6) is 1.24. The summed E-state index contributed by atoms with van der Waals surface area (Å²) >= 11 is 0. The number of carbonyl (C=O) groups excluding carboxylic acids is 1. The van der Waals surface area contributed by atoms with Crippen molar-refractivity contribution < 1.29 is 18.7 Å². The van der Waals surface area contributed by atoms with Gasteiger partial charge in [-0.3, -0.25) is 9.69 Å². The number of aromatic nitrogens is 1. The number of rotatable bonds is 7. The Labute approximate surface area is 163 Å². The summed E-state index contributed by atoms with van der Waals surface area (Å²) in [6.07, 6.45) is 1.88. The number of amides is 1. The Kier molecular flexibility index (Phi) is 5.43. The summed E-state index contributed by atoms with van der Waals surface area (Å²) in [6.45, 7) is 3.18. The smallest absolute Gasteiger partial charge is 0.400 e. The van der Waals surface area contributed by atoms with E-state index in [1.165, 1.54) is 0 Å². The molecule has 1 aliphatic rings. The Balaban J connectivity index is 1.24. The topological polar surface area (TPSA) is 90.8 Å². The van der Waals surface area contributed by atoms with Crippen molar-refractivity contribution in [3.8, 4) is 17.6 Å². The molecule has 7 heteroatoms. The zero-order valence-corrected chi connectivity index (χ0v) is 15.5. The number of hydrogen-bond donors (Lipinski definition) is 1. The van der Waals surface area contributed by atoms with E-state index in [9.17, 15) is 4.79 Å². The van der Waals surface area contributed by atoms with Crippen molar-refractivity contribution in [3.05, 3.63) is 48.5 Å². The fourth-order valence-corrected chi connectivity index (χ4v) is 3.33. The van der Waals surface area contributed by atoms with Gasteiger partial charge in [0.05, 0.1) is 0 Å². The molecule has 0 aliphatic carbocycles. The third-order valence-electron chi connectivity index (χ3n) is 4.97. The fourth-order valence-electron chi connectivity index (χ4n) is 3.33. The van der Waals surface area contributed by atoms with E-state index in [4.69, 9.17) is 19.6 Å². The number of nitrogens with zero attached hydrogens (tertiary/aromatic N) is 2. The second-order valence-electron chi connectivity index (χ2n) is 6.89. The van der Waals surface area contributed by atoms with Gasteiger partial charge in [0.15, 0.2) is 5.58 Å². The standard InChI is InChI=1S/C21H23N3O4/c22-20(25)15-9-11-24(12-10-15)13-14-26-16-5-7-17(8-6-16)27-21-23-18-3-1-2-4-19(18)28-21/h1-8,15H,9-14H2,(H2,22,25). The van der Waals surface area contributed by atoms with Gasteiger partial charge in [-0.2, -0.15) is 4.98 Å². The molecule has 0 spiro atoms. The van der Waals surface area contributed by atoms with Gasteiger partial charge in [0, 0.05) is 12.5 Å². The van der Waals surface area contributed by atoms with Gasteiger partial charge in [0.25, 0.3) is 0 Å². The summed E-state index contributed by atoms with van der Waals surface area (Å²) in [4.78, 5) is 17.8. The van der Waals surface area contributed by atoms with Crippen molar-refractivity contribution in [1.29, 1.82) is 0 Å². The lowest BCUT2D eigenvalue weighted by molar-refractivity contribution is -0.123. The van der Waals surface area contributed by atoms with Crippen molar-refractivity contribution >= 4 is 17.0 Å². The fraction of sp³-hybridized carbons (Fsp3) is 0.333. The minimum absolute atomic E-state index is 0.0194. The van der Waals surface area contributed by atoms with Crippen molar-refractivity contribution in [2.45, 2.75) is 12.8 Å². The molecular weight excluding hydrogens is 358 g/mol. The van der Waals surface area contributed by atoms with E-state index >= 15 is 0 Å². The predicted molar refractivity (Wildman–Crippen MR) is 104 cm³/mol. The average Bonchev–Trinajstić information content (AvgIpc) is 3.12. The predicted octanol–water partition coefficient (Wildman–Crippen LogP) is 3.20. The van der Waals surface area contributed by atoms with Crippen LogP contribution >= 0.6 is 0 Å². The zero-order valence-electron chi connectivity index (χ0n) is 15.5. The maximum absolute atomic E-state index is 11.2. The van der Waals surface area contributed by atoms with E-state index in [1.54, 1.807) is 0 Å². The van der Waals surface area contributed by atoms with E-state index in [-0.39, 0.29) is 17.9 Å². The van der Waals surface area contributed by atoms with Gasteiger partial charge in [-0.1, -0.05) is 12.1 Å². The minimum atomic E-state index is -0.184. The first-order valence-corrected chi connectivity index (χ1v) is 9.45. The number of fused-ring (bicyclic) bond motifs is 1. The number of piperidine rings is 1. The SMILES string of the molecule is NC(=O)C1CCN(CCOc2ccc(Oc3nc4ccccc4o3)cc2)CC1. The van der Waals surface area contributed by atoms with E-state index in [0.29, 0.717) is 17.9 Å². The highest BCUT2D eigenvalue weighted by molar-refractivity contribution is 5.76. The molecule has 0 radical (unpaired) electrons. The molecular formula is C21H23N3O4. The molecule has 28 heavy (non-hydrogen) atoms. The van der Waals surface area contributed by atoms with Crippen LogP contribution in [0.15, 0.2) is 52.9 Å². The summed E-state index contributed by atoms with van der Waals surface area (Å²) in [5.41, 5.74) is 6.82. The number of benzene rings is 2. The Morgan fingerprint density at radius 2 is 1.82 bits per heavy atom. The van der Waals surface area contributed by atoms with Crippen molar-refractivity contribution in [2.75, 3.05) is 26.2 Å². The normalized spacial score (nSPS) is 15.6. The molecule has 3 aromatic rings. The summed E-state index contributed by atoms with van der Waals surface area (Å²) in [5, 5.41) is 0. The number of likely N-dealkylation sites (tertiary alicyclic amines) is 1. The number of nitrogens with two attached hydrogens (primary N) is 1. The van der Waals surface area contributed by atoms with Crippen molar-refractivity contribution in [2.24, 2.45) is 11.7 Å². The minimum Gasteiger partial charge on any atom is -0.492 e. The number of ether oxygens (including phenoxy) is 2. The molecule has 4 rings (SSSR count). The Morgan fingerprint density at radius 1 is 1.11 bits per heavy atom. The molecule has 1 amide bonds. The Bertz CT molecular complexity index is 897. The van der Waals surface area contributed by atoms with E-state index in [0.717, 1.165) is 43.7 Å². The largest absolute Gasteiger partial charge is 0.492 e. The van der Waals surface area contributed by atoms with Crippen LogP contribution in [0.3, 0.4) is 0 Å². The Morgan fingerprint density at radius 3 is 2.54 bits per heavy atom. The first kappa shape index (κ1) is 18.3. The third-order valence-corrected chi connectivity index (χ3v) is 4.97. The average molecular weight is 381 g/mol. The highest BCUT2D eigenvalue weighted by Crippen LogP contribution is 2.26. The first-order chi connectivity index (χ1) is 13.7. The molecule has 1 fully saturated rings. The molecule has 2 N–H and O–H groups in total. The lowest BCUT2D eigenvalue weighted by Crippen LogP contribution is -2.40. The van der Waals surface area contributed by atoms with Gasteiger partial charge < -0.3 is 19.6 Å². The van der Waals surface area contributed by atoms with Gasteiger partial charge in [0.2, 0.25) is 5.91 Å². The molecule has 0 unspecified atom stereocenters. The summed E-state index contributed by atoms with van der Waals surface area (Å²) in [7, 11) is 0. The van der Waals surface area contributed by atoms with Gasteiger partial charge in [-0.05, 0) is 62.3 Å². The van der Waals surface area contributed by atoms with Crippen molar-refractivity contribution in [1.82, 2.24) is 9.88 Å². The molecule has 1 aliphatic heterocycles. The van der Waals surface area contributed by atoms with Gasteiger partial charge in [-0.15, -0.1) is 0 Å². The molecule has 7 nitrogen and oxygen atoms in total. The van der Waals surface area contributed by atoms with Crippen molar-refractivity contribution in [3.63, 3.8) is 0 Å². The van der Waals surface area contributed by atoms with Crippen LogP contribution in [0.25, 0.3) is 11.1 Å². The van der Waals surface area contributed by atoms with Gasteiger partial charge in [-0.25, -0.2) is 0 Å². The summed E-state index contributed by atoms with van der Waals surface area (Å²) < 4.78 is 17.0. The number of oxazole rings is 1. The lowest BCUT2D eigenvalue weighted by Gasteiger charge is -2.30. The second kappa shape index (κ2) is 8.31. The molecule has 0 saturated carbocycles. The maximum atomic E-state index is 11.2. The number of primary amides is 1. The molecule has 2 aromatic carbocycles. The van der Waals surface area contributed by atoms with Crippen LogP contribution in [0.5, 0.6) is 17.6 Å². The first-order valence-electron chi connectivity index (χ1n) is 9.45. The summed E-state index contributed by atoms with van der Waals surface area (Å²) in [6, 6.07) is 14.9. The number of hydrogen-bond acceptors (Lipinski definition) is 6. The van der Waals surface area contributed by atoms with Crippen LogP contribution in [0.2, 0.25) is 0 Å². The molecule has 1 saturated heterocycles. The van der Waals surface area contributed by atoms with E-state index < -0.39 is 0 Å². The zero-order chi connectivity index (χ0) is 19.3. The van der Waals surface area contributed by atoms with E-state index in [1.807, 2.05) is 48.5 Å². The van der Waals surface area contributed by atoms with Crippen LogP contribution in [0.1, 0.15) is 12.8 Å². The number of carbonyl (C=O) groups is 1. The molecule has 0 bridgehead atoms. The molecule has 1 aromatic heterocycles. The lowest BCUT2D eigenvalue weighted by atomic mass is 9.96. The highest BCUT2D eigenvalue weighted by Gasteiger charge is 2.22. The highest BCUT2D eigenvalue weighted by atomic mass is 16.6. The molecule has 146 valence electrons. The molecule has 2 heterocycles. The maximum Gasteiger partial charge on any atom is 0.400 e.